The van der Waals surface area contributed by atoms with Crippen LogP contribution in [0, 0.1) is 0 Å². The summed E-state index contributed by atoms with van der Waals surface area (Å²) < 4.78 is 10.9. The second-order valence-electron chi connectivity index (χ2n) is 4.29. The minimum absolute atomic E-state index is 0.0343. The van der Waals surface area contributed by atoms with E-state index in [1.807, 2.05) is 42.1 Å². The van der Waals surface area contributed by atoms with Crippen molar-refractivity contribution in [1.82, 2.24) is 0 Å². The Bertz CT molecular complexity index is 474. The first-order valence-corrected chi connectivity index (χ1v) is 6.81. The van der Waals surface area contributed by atoms with Crippen molar-refractivity contribution in [3.05, 3.63) is 36.1 Å². The van der Waals surface area contributed by atoms with Crippen molar-refractivity contribution in [2.24, 2.45) is 5.73 Å². The molecule has 3 rings (SSSR count). The normalized spacial score (nSPS) is 18.2. The SMILES string of the molecule is NC(CSC1COC1)c1cc2ccccc2o1. The molecule has 0 saturated carbocycles. The molecule has 2 aromatic rings. The molecule has 1 saturated heterocycles. The summed E-state index contributed by atoms with van der Waals surface area (Å²) in [5, 5.41) is 1.74. The third-order valence-electron chi connectivity index (χ3n) is 2.93. The summed E-state index contributed by atoms with van der Waals surface area (Å²) >= 11 is 1.87. The van der Waals surface area contributed by atoms with E-state index >= 15 is 0 Å². The lowest BCUT2D eigenvalue weighted by molar-refractivity contribution is 0.0455. The van der Waals surface area contributed by atoms with Crippen LogP contribution in [0.4, 0.5) is 0 Å². The molecule has 0 amide bonds. The predicted octanol–water partition coefficient (Wildman–Crippen LogP) is 2.56. The van der Waals surface area contributed by atoms with Gasteiger partial charge in [0, 0.05) is 11.1 Å². The molecule has 1 atom stereocenters. The zero-order chi connectivity index (χ0) is 11.7. The van der Waals surface area contributed by atoms with Crippen molar-refractivity contribution in [2.45, 2.75) is 11.3 Å². The van der Waals surface area contributed by atoms with Crippen LogP contribution in [0.2, 0.25) is 0 Å². The number of hydrogen-bond donors (Lipinski definition) is 1. The highest BCUT2D eigenvalue weighted by Gasteiger charge is 2.21. The number of furan rings is 1. The van der Waals surface area contributed by atoms with E-state index in [0.717, 1.165) is 35.7 Å². The molecule has 3 nitrogen and oxygen atoms in total. The maximum atomic E-state index is 6.13. The summed E-state index contributed by atoms with van der Waals surface area (Å²) in [4.78, 5) is 0. The Balaban J connectivity index is 1.69. The lowest BCUT2D eigenvalue weighted by Gasteiger charge is -2.26. The van der Waals surface area contributed by atoms with Crippen molar-refractivity contribution in [1.29, 1.82) is 0 Å². The van der Waals surface area contributed by atoms with Crippen molar-refractivity contribution < 1.29 is 9.15 Å². The van der Waals surface area contributed by atoms with Gasteiger partial charge in [-0.3, -0.25) is 0 Å². The summed E-state index contributed by atoms with van der Waals surface area (Å²) in [6, 6.07) is 10.0. The number of ether oxygens (including phenoxy) is 1. The first kappa shape index (κ1) is 11.1. The van der Waals surface area contributed by atoms with Gasteiger partial charge in [-0.1, -0.05) is 18.2 Å². The zero-order valence-electron chi connectivity index (χ0n) is 9.46. The number of para-hydroxylation sites is 1. The van der Waals surface area contributed by atoms with Gasteiger partial charge in [0.25, 0.3) is 0 Å². The van der Waals surface area contributed by atoms with E-state index in [4.69, 9.17) is 14.9 Å². The summed E-state index contributed by atoms with van der Waals surface area (Å²) in [6.45, 7) is 1.72. The Morgan fingerprint density at radius 3 is 2.88 bits per heavy atom. The van der Waals surface area contributed by atoms with Crippen LogP contribution in [-0.2, 0) is 4.74 Å². The maximum Gasteiger partial charge on any atom is 0.134 e. The minimum Gasteiger partial charge on any atom is -0.459 e. The van der Waals surface area contributed by atoms with Gasteiger partial charge < -0.3 is 14.9 Å². The molecular formula is C13H15NO2S. The molecule has 2 heterocycles. The van der Waals surface area contributed by atoms with Crippen LogP contribution in [0.1, 0.15) is 11.8 Å². The smallest absolute Gasteiger partial charge is 0.134 e. The molecule has 0 spiro atoms. The average molecular weight is 249 g/mol. The van der Waals surface area contributed by atoms with Crippen LogP contribution >= 0.6 is 11.8 Å². The van der Waals surface area contributed by atoms with Gasteiger partial charge in [0.2, 0.25) is 0 Å². The second-order valence-corrected chi connectivity index (χ2v) is 5.62. The van der Waals surface area contributed by atoms with E-state index in [0.29, 0.717) is 5.25 Å². The molecule has 17 heavy (non-hydrogen) atoms. The van der Waals surface area contributed by atoms with E-state index in [1.165, 1.54) is 0 Å². The highest BCUT2D eigenvalue weighted by molar-refractivity contribution is 8.00. The molecule has 4 heteroatoms. The highest BCUT2D eigenvalue weighted by atomic mass is 32.2. The summed E-state index contributed by atoms with van der Waals surface area (Å²) in [5.41, 5.74) is 7.04. The molecule has 1 fully saturated rings. The summed E-state index contributed by atoms with van der Waals surface area (Å²) in [6.07, 6.45) is 0. The van der Waals surface area contributed by atoms with Gasteiger partial charge in [0.05, 0.1) is 24.5 Å². The van der Waals surface area contributed by atoms with Crippen molar-refractivity contribution >= 4 is 22.7 Å². The van der Waals surface area contributed by atoms with E-state index in [9.17, 15) is 0 Å². The number of fused-ring (bicyclic) bond motifs is 1. The monoisotopic (exact) mass is 249 g/mol. The Hall–Kier alpha value is -0.970. The number of benzene rings is 1. The summed E-state index contributed by atoms with van der Waals surface area (Å²) in [5.74, 6) is 1.76. The number of nitrogens with two attached hydrogens (primary N) is 1. The van der Waals surface area contributed by atoms with E-state index in [-0.39, 0.29) is 6.04 Å². The molecule has 1 aromatic carbocycles. The van der Waals surface area contributed by atoms with Gasteiger partial charge in [-0.05, 0) is 12.1 Å². The van der Waals surface area contributed by atoms with Gasteiger partial charge in [-0.25, -0.2) is 0 Å². The largest absolute Gasteiger partial charge is 0.459 e. The molecule has 0 bridgehead atoms. The number of thioether (sulfide) groups is 1. The molecule has 0 radical (unpaired) electrons. The fourth-order valence-electron chi connectivity index (χ4n) is 1.82. The first-order valence-electron chi connectivity index (χ1n) is 5.76. The van der Waals surface area contributed by atoms with Gasteiger partial charge in [-0.2, -0.15) is 11.8 Å². The Labute approximate surface area is 104 Å². The van der Waals surface area contributed by atoms with E-state index in [2.05, 4.69) is 0 Å². The van der Waals surface area contributed by atoms with E-state index in [1.54, 1.807) is 0 Å². The van der Waals surface area contributed by atoms with Crippen LogP contribution < -0.4 is 5.73 Å². The first-order chi connectivity index (χ1) is 8.33. The third-order valence-corrected chi connectivity index (χ3v) is 4.22. The van der Waals surface area contributed by atoms with Crippen LogP contribution in [0.25, 0.3) is 11.0 Å². The minimum atomic E-state index is -0.0343. The van der Waals surface area contributed by atoms with Crippen molar-refractivity contribution in [3.63, 3.8) is 0 Å². The van der Waals surface area contributed by atoms with Crippen molar-refractivity contribution in [3.8, 4) is 0 Å². The quantitative estimate of drug-likeness (QED) is 0.904. The van der Waals surface area contributed by atoms with Crippen LogP contribution in [0.5, 0.6) is 0 Å². The standard InChI is InChI=1S/C13H15NO2S/c14-11(8-17-10-6-15-7-10)13-5-9-3-1-2-4-12(9)16-13/h1-5,10-11H,6-8,14H2. The zero-order valence-corrected chi connectivity index (χ0v) is 10.3. The van der Waals surface area contributed by atoms with Crippen LogP contribution in [-0.4, -0.2) is 24.2 Å². The topological polar surface area (TPSA) is 48.4 Å². The van der Waals surface area contributed by atoms with Gasteiger partial charge >= 0.3 is 0 Å². The second kappa shape index (κ2) is 4.72. The Morgan fingerprint density at radius 2 is 2.18 bits per heavy atom. The van der Waals surface area contributed by atoms with Gasteiger partial charge in [0.15, 0.2) is 0 Å². The lowest BCUT2D eigenvalue weighted by Crippen LogP contribution is -2.31. The fraction of sp³-hybridized carbons (Fsp3) is 0.385. The van der Waals surface area contributed by atoms with Gasteiger partial charge in [-0.15, -0.1) is 0 Å². The fourth-order valence-corrected chi connectivity index (χ4v) is 2.85. The molecule has 1 unspecified atom stereocenters. The molecular weight excluding hydrogens is 234 g/mol. The van der Waals surface area contributed by atoms with Crippen LogP contribution in [0.3, 0.4) is 0 Å². The molecule has 90 valence electrons. The molecule has 0 aliphatic carbocycles. The predicted molar refractivity (Wildman–Crippen MR) is 70.2 cm³/mol. The van der Waals surface area contributed by atoms with Crippen molar-refractivity contribution in [2.75, 3.05) is 19.0 Å². The lowest BCUT2D eigenvalue weighted by atomic mass is 10.2. The molecule has 1 aliphatic heterocycles. The molecule has 2 N–H and O–H groups in total. The maximum absolute atomic E-state index is 6.13. The van der Waals surface area contributed by atoms with E-state index < -0.39 is 0 Å². The van der Waals surface area contributed by atoms with Gasteiger partial charge in [0.1, 0.15) is 11.3 Å². The summed E-state index contributed by atoms with van der Waals surface area (Å²) in [7, 11) is 0. The third kappa shape index (κ3) is 2.34. The van der Waals surface area contributed by atoms with Crippen LogP contribution in [0.15, 0.2) is 34.7 Å². The number of hydrogen-bond acceptors (Lipinski definition) is 4. The average Bonchev–Trinajstić information content (AvgIpc) is 2.70. The Morgan fingerprint density at radius 1 is 1.35 bits per heavy atom. The highest BCUT2D eigenvalue weighted by Crippen LogP contribution is 2.27. The Kier molecular flexibility index (Phi) is 3.09. The number of rotatable bonds is 4. The molecule has 1 aliphatic rings. The molecule has 1 aromatic heterocycles.